The monoisotopic (exact) mass is 168 g/mol. The molecule has 0 aromatic rings. The van der Waals surface area contributed by atoms with Gasteiger partial charge in [-0.05, 0) is 24.0 Å². The van der Waals surface area contributed by atoms with E-state index >= 15 is 0 Å². The number of thioether (sulfide) groups is 1. The first-order chi connectivity index (χ1) is 5.50. The van der Waals surface area contributed by atoms with Crippen molar-refractivity contribution in [1.82, 2.24) is 0 Å². The maximum absolute atomic E-state index is 4.80. The van der Waals surface area contributed by atoms with Crippen LogP contribution in [0.4, 0.5) is 0 Å². The summed E-state index contributed by atoms with van der Waals surface area (Å²) in [5.41, 5.74) is 0. The molecule has 2 heterocycles. The predicted octanol–water partition coefficient (Wildman–Crippen LogP) is 2.72. The van der Waals surface area contributed by atoms with Crippen molar-refractivity contribution in [2.45, 2.75) is 6.42 Å². The summed E-state index contributed by atoms with van der Waals surface area (Å²) >= 11 is 1.89. The number of hydrogen-bond acceptors (Lipinski definition) is 2. The quantitative estimate of drug-likeness (QED) is 0.550. The molecule has 0 N–H and O–H groups in total. The van der Waals surface area contributed by atoms with Gasteiger partial charge in [-0.25, -0.2) is 0 Å². The fourth-order valence-corrected chi connectivity index (χ4v) is 1.37. The second-order valence-corrected chi connectivity index (χ2v) is 3.14. The van der Waals surface area contributed by atoms with Gasteiger partial charge in [0.1, 0.15) is 6.61 Å². The molecule has 0 unspecified atom stereocenters. The summed E-state index contributed by atoms with van der Waals surface area (Å²) in [6, 6.07) is 0. The molecule has 0 atom stereocenters. The highest BCUT2D eigenvalue weighted by molar-refractivity contribution is 8.02. The average molecular weight is 168 g/mol. The Morgan fingerprint density at radius 2 is 2.18 bits per heavy atom. The normalized spacial score (nSPS) is 18.9. The molecule has 2 aliphatic heterocycles. The zero-order chi connectivity index (χ0) is 7.78. The minimum atomic E-state index is 0.733. The molecule has 60 valence electrons. The van der Waals surface area contributed by atoms with E-state index in [9.17, 15) is 0 Å². The first-order valence-electron chi connectivity index (χ1n) is 3.70. The zero-order valence-corrected chi connectivity index (χ0v) is 7.22. The third-order valence-electron chi connectivity index (χ3n) is 1.21. The zero-order valence-electron chi connectivity index (χ0n) is 6.40. The Hall–Kier alpha value is -0.630. The van der Waals surface area contributed by atoms with E-state index in [1.54, 1.807) is 6.26 Å². The van der Waals surface area contributed by atoms with Gasteiger partial charge in [0.2, 0.25) is 0 Å². The molecule has 2 aliphatic rings. The predicted molar refractivity (Wildman–Crippen MR) is 50.4 cm³/mol. The van der Waals surface area contributed by atoms with Crippen LogP contribution < -0.4 is 0 Å². The molecule has 0 fully saturated rings. The summed E-state index contributed by atoms with van der Waals surface area (Å²) in [6.45, 7) is 0.733. The van der Waals surface area contributed by atoms with E-state index in [4.69, 9.17) is 4.74 Å². The maximum Gasteiger partial charge on any atom is 0.106 e. The van der Waals surface area contributed by atoms with E-state index in [-0.39, 0.29) is 0 Å². The molecule has 11 heavy (non-hydrogen) atoms. The maximum atomic E-state index is 4.80. The van der Waals surface area contributed by atoms with Crippen molar-refractivity contribution in [3.05, 3.63) is 36.0 Å². The number of allylic oxidation sites excluding steroid dienone is 3. The van der Waals surface area contributed by atoms with Gasteiger partial charge in [-0.15, -0.1) is 11.8 Å². The molecule has 2 heteroatoms. The van der Waals surface area contributed by atoms with Crippen molar-refractivity contribution in [3.63, 3.8) is 0 Å². The van der Waals surface area contributed by atoms with Gasteiger partial charge in [0, 0.05) is 5.75 Å². The van der Waals surface area contributed by atoms with E-state index in [0.717, 1.165) is 6.61 Å². The Morgan fingerprint density at radius 1 is 1.18 bits per heavy atom. The Labute approximate surface area is 71.8 Å². The Morgan fingerprint density at radius 3 is 2.36 bits per heavy atom. The summed E-state index contributed by atoms with van der Waals surface area (Å²) in [5.74, 6) is 1.31. The minimum Gasteiger partial charge on any atom is -0.497 e. The van der Waals surface area contributed by atoms with Crippen LogP contribution in [0.25, 0.3) is 0 Å². The molecule has 1 nitrogen and oxygen atoms in total. The first kappa shape index (κ1) is 8.47. The van der Waals surface area contributed by atoms with Crippen LogP contribution in [0.3, 0.4) is 0 Å². The lowest BCUT2D eigenvalue weighted by atomic mass is 10.5. The van der Waals surface area contributed by atoms with Crippen molar-refractivity contribution < 1.29 is 4.74 Å². The van der Waals surface area contributed by atoms with Crippen molar-refractivity contribution in [3.8, 4) is 0 Å². The number of rotatable bonds is 0. The fourth-order valence-electron chi connectivity index (χ4n) is 0.686. The molecular formula is C9H12OS. The van der Waals surface area contributed by atoms with Crippen molar-refractivity contribution >= 4 is 11.8 Å². The standard InChI is InChI=1S/C5H6O.C4H6S/c1-2-4-6-5-3-1;1-2-4-5-3-1/h1-4H,5H2;1,3H,2,4H2. The third-order valence-corrected chi connectivity index (χ3v) is 2.07. The summed E-state index contributed by atoms with van der Waals surface area (Å²) in [7, 11) is 0. The van der Waals surface area contributed by atoms with Crippen molar-refractivity contribution in [2.75, 3.05) is 12.4 Å². The second-order valence-electron chi connectivity index (χ2n) is 2.12. The van der Waals surface area contributed by atoms with Gasteiger partial charge in [0.05, 0.1) is 6.26 Å². The van der Waals surface area contributed by atoms with Gasteiger partial charge in [0.25, 0.3) is 0 Å². The summed E-state index contributed by atoms with van der Waals surface area (Å²) in [6.07, 6.45) is 10.9. The van der Waals surface area contributed by atoms with Crippen LogP contribution in [0.5, 0.6) is 0 Å². The summed E-state index contributed by atoms with van der Waals surface area (Å²) in [4.78, 5) is 0. The Kier molecular flexibility index (Phi) is 4.70. The molecule has 0 bridgehead atoms. The van der Waals surface area contributed by atoms with Gasteiger partial charge >= 0.3 is 0 Å². The van der Waals surface area contributed by atoms with Crippen molar-refractivity contribution in [1.29, 1.82) is 0 Å². The van der Waals surface area contributed by atoms with Crippen LogP contribution in [0.15, 0.2) is 36.0 Å². The largest absolute Gasteiger partial charge is 0.497 e. The molecular weight excluding hydrogens is 156 g/mol. The molecule has 2 rings (SSSR count). The van der Waals surface area contributed by atoms with Crippen LogP contribution in [0.2, 0.25) is 0 Å². The molecule has 0 spiro atoms. The lowest BCUT2D eigenvalue weighted by molar-refractivity contribution is 0.286. The molecule has 0 saturated heterocycles. The molecule has 0 aliphatic carbocycles. The highest BCUT2D eigenvalue weighted by atomic mass is 32.2. The molecule has 0 aromatic carbocycles. The highest BCUT2D eigenvalue weighted by Gasteiger charge is 1.85. The van der Waals surface area contributed by atoms with E-state index < -0.39 is 0 Å². The van der Waals surface area contributed by atoms with Crippen LogP contribution in [0.1, 0.15) is 6.42 Å². The lowest BCUT2D eigenvalue weighted by Gasteiger charge is -1.94. The Balaban J connectivity index is 0.000000112. The molecule has 0 saturated carbocycles. The van der Waals surface area contributed by atoms with Gasteiger partial charge in [-0.3, -0.25) is 0 Å². The highest BCUT2D eigenvalue weighted by Crippen LogP contribution is 2.11. The van der Waals surface area contributed by atoms with Crippen LogP contribution >= 0.6 is 11.8 Å². The van der Waals surface area contributed by atoms with Gasteiger partial charge in [-0.1, -0.05) is 12.2 Å². The summed E-state index contributed by atoms with van der Waals surface area (Å²) in [5, 5.41) is 2.15. The van der Waals surface area contributed by atoms with Crippen LogP contribution in [-0.2, 0) is 4.74 Å². The lowest BCUT2D eigenvalue weighted by Crippen LogP contribution is -1.82. The second kappa shape index (κ2) is 6.10. The average Bonchev–Trinajstić information content (AvgIpc) is 2.64. The van der Waals surface area contributed by atoms with Crippen LogP contribution in [-0.4, -0.2) is 12.4 Å². The van der Waals surface area contributed by atoms with Crippen molar-refractivity contribution in [2.24, 2.45) is 0 Å². The molecule has 0 aromatic heterocycles. The molecule has 0 radical (unpaired) electrons. The van der Waals surface area contributed by atoms with E-state index in [0.29, 0.717) is 0 Å². The van der Waals surface area contributed by atoms with E-state index in [1.807, 2.05) is 30.0 Å². The Bertz CT molecular complexity index is 152. The van der Waals surface area contributed by atoms with E-state index in [2.05, 4.69) is 11.5 Å². The smallest absolute Gasteiger partial charge is 0.106 e. The third kappa shape index (κ3) is 4.73. The van der Waals surface area contributed by atoms with Gasteiger partial charge in [0.15, 0.2) is 0 Å². The number of hydrogen-bond donors (Lipinski definition) is 0. The fraction of sp³-hybridized carbons (Fsp3) is 0.333. The van der Waals surface area contributed by atoms with Gasteiger partial charge in [-0.2, -0.15) is 0 Å². The van der Waals surface area contributed by atoms with E-state index in [1.165, 1.54) is 12.2 Å². The summed E-state index contributed by atoms with van der Waals surface area (Å²) < 4.78 is 4.80. The minimum absolute atomic E-state index is 0.733. The number of ether oxygens (including phenoxy) is 1. The van der Waals surface area contributed by atoms with Crippen LogP contribution in [0, 0.1) is 0 Å². The topological polar surface area (TPSA) is 9.23 Å². The van der Waals surface area contributed by atoms with Gasteiger partial charge < -0.3 is 4.74 Å². The molecule has 0 amide bonds. The SMILES string of the molecule is C1=CCOC=C1.C1=CSCC1. The first-order valence-corrected chi connectivity index (χ1v) is 4.75.